The first-order valence-electron chi connectivity index (χ1n) is 11.4. The third-order valence-electron chi connectivity index (χ3n) is 6.78. The Balaban J connectivity index is 1.51. The van der Waals surface area contributed by atoms with Gasteiger partial charge in [0.05, 0.1) is 28.6 Å². The highest BCUT2D eigenvalue weighted by Crippen LogP contribution is 2.22. The molecular weight excluding hydrogens is 406 g/mol. The third-order valence-corrected chi connectivity index (χ3v) is 6.78. The summed E-state index contributed by atoms with van der Waals surface area (Å²) >= 11 is 0. The molecule has 2 aromatic heterocycles. The van der Waals surface area contributed by atoms with Crippen molar-refractivity contribution in [1.29, 1.82) is 0 Å². The molecule has 3 aromatic rings. The maximum Gasteiger partial charge on any atom is 0.265 e. The van der Waals surface area contributed by atoms with Crippen LogP contribution in [0.2, 0.25) is 0 Å². The van der Waals surface area contributed by atoms with Crippen LogP contribution in [0.15, 0.2) is 41.3 Å². The molecule has 2 atom stereocenters. The molecule has 8 nitrogen and oxygen atoms in total. The van der Waals surface area contributed by atoms with E-state index in [1.54, 1.807) is 18.3 Å². The van der Waals surface area contributed by atoms with E-state index in [9.17, 15) is 14.7 Å². The highest BCUT2D eigenvalue weighted by atomic mass is 16.3. The number of nitrogens with zero attached hydrogens (tertiary/aromatic N) is 4. The van der Waals surface area contributed by atoms with Gasteiger partial charge in [-0.1, -0.05) is 12.8 Å². The second-order valence-electron chi connectivity index (χ2n) is 8.96. The number of aromatic nitrogens is 2. The highest BCUT2D eigenvalue weighted by Gasteiger charge is 2.26. The van der Waals surface area contributed by atoms with Gasteiger partial charge in [-0.25, -0.2) is 4.98 Å². The number of hydrogen-bond acceptors (Lipinski definition) is 6. The van der Waals surface area contributed by atoms with Gasteiger partial charge >= 0.3 is 0 Å². The molecular formula is C24H29N5O3. The lowest BCUT2D eigenvalue weighted by Crippen LogP contribution is -2.45. The van der Waals surface area contributed by atoms with Crippen LogP contribution in [0, 0.1) is 0 Å². The van der Waals surface area contributed by atoms with E-state index in [0.717, 1.165) is 51.1 Å². The number of nitrogens with one attached hydrogen (secondary N) is 1. The predicted octanol–water partition coefficient (Wildman–Crippen LogP) is 1.63. The van der Waals surface area contributed by atoms with Crippen LogP contribution in [-0.2, 0) is 0 Å². The van der Waals surface area contributed by atoms with Crippen molar-refractivity contribution in [2.45, 2.75) is 37.8 Å². The molecule has 0 bridgehead atoms. The molecule has 5 rings (SSSR count). The Morgan fingerprint density at radius 1 is 1.12 bits per heavy atom. The summed E-state index contributed by atoms with van der Waals surface area (Å²) in [6, 6.07) is 8.87. The lowest BCUT2D eigenvalue weighted by Gasteiger charge is -2.34. The summed E-state index contributed by atoms with van der Waals surface area (Å²) in [7, 11) is 2.11. The Hall–Kier alpha value is -2.97. The fourth-order valence-corrected chi connectivity index (χ4v) is 4.78. The van der Waals surface area contributed by atoms with Crippen LogP contribution in [0.1, 0.15) is 36.0 Å². The fourth-order valence-electron chi connectivity index (χ4n) is 4.78. The number of amides is 1. The number of piperazine rings is 1. The number of aliphatic hydroxyl groups excluding tert-OH is 1. The third kappa shape index (κ3) is 3.84. The van der Waals surface area contributed by atoms with Crippen molar-refractivity contribution in [1.82, 2.24) is 19.6 Å². The van der Waals surface area contributed by atoms with Gasteiger partial charge in [0.1, 0.15) is 0 Å². The van der Waals surface area contributed by atoms with E-state index in [1.165, 1.54) is 4.40 Å². The van der Waals surface area contributed by atoms with Crippen molar-refractivity contribution < 1.29 is 9.90 Å². The van der Waals surface area contributed by atoms with E-state index in [4.69, 9.17) is 0 Å². The summed E-state index contributed by atoms with van der Waals surface area (Å²) in [5.74, 6) is -0.311. The zero-order valence-corrected chi connectivity index (χ0v) is 18.3. The van der Waals surface area contributed by atoms with Crippen LogP contribution in [0.3, 0.4) is 0 Å². The molecule has 0 unspecified atom stereocenters. The topological polar surface area (TPSA) is 90.2 Å². The second-order valence-corrected chi connectivity index (χ2v) is 8.96. The van der Waals surface area contributed by atoms with Gasteiger partial charge in [-0.3, -0.25) is 14.0 Å². The number of likely N-dealkylation sites (N-methyl/N-ethyl adjacent to an activating group) is 1. The first kappa shape index (κ1) is 20.9. The van der Waals surface area contributed by atoms with Crippen LogP contribution in [0.4, 0.5) is 5.69 Å². The molecule has 2 aliphatic rings. The van der Waals surface area contributed by atoms with Gasteiger partial charge in [0.25, 0.3) is 11.5 Å². The molecule has 1 aliphatic heterocycles. The Labute approximate surface area is 186 Å². The fraction of sp³-hybridized carbons (Fsp3) is 0.458. The maximum atomic E-state index is 13.3. The molecule has 1 amide bonds. The van der Waals surface area contributed by atoms with Crippen LogP contribution in [0.25, 0.3) is 16.6 Å². The smallest absolute Gasteiger partial charge is 0.265 e. The predicted molar refractivity (Wildman–Crippen MR) is 124 cm³/mol. The van der Waals surface area contributed by atoms with Crippen LogP contribution >= 0.6 is 0 Å². The SMILES string of the molecule is CN1CCN(c2ccc3nc4c(C(=O)N[C@H]5CCCC[C@H]5O)cccn4c(=O)c3c2)CC1. The van der Waals surface area contributed by atoms with Crippen molar-refractivity contribution in [3.8, 4) is 0 Å². The molecule has 168 valence electrons. The summed E-state index contributed by atoms with van der Waals surface area (Å²) in [5, 5.41) is 13.7. The Morgan fingerprint density at radius 3 is 2.69 bits per heavy atom. The van der Waals surface area contributed by atoms with Crippen molar-refractivity contribution in [3.05, 3.63) is 52.4 Å². The molecule has 3 heterocycles. The number of fused-ring (bicyclic) bond motifs is 2. The van der Waals surface area contributed by atoms with Gasteiger partial charge in [-0.05, 0) is 50.2 Å². The number of carbonyl (C=O) groups excluding carboxylic acids is 1. The number of rotatable bonds is 3. The lowest BCUT2D eigenvalue weighted by atomic mass is 9.92. The van der Waals surface area contributed by atoms with Gasteiger partial charge in [0, 0.05) is 38.1 Å². The molecule has 0 spiro atoms. The highest BCUT2D eigenvalue weighted by molar-refractivity contribution is 6.00. The minimum atomic E-state index is -0.535. The lowest BCUT2D eigenvalue weighted by molar-refractivity contribution is 0.0718. The largest absolute Gasteiger partial charge is 0.391 e. The Kier molecular flexibility index (Phi) is 5.57. The minimum Gasteiger partial charge on any atom is -0.391 e. The molecule has 2 fully saturated rings. The van der Waals surface area contributed by atoms with Gasteiger partial charge in [0.2, 0.25) is 0 Å². The average Bonchev–Trinajstić information content (AvgIpc) is 2.81. The molecule has 2 N–H and O–H groups in total. The molecule has 1 saturated carbocycles. The zero-order chi connectivity index (χ0) is 22.2. The van der Waals surface area contributed by atoms with Crippen molar-refractivity contribution in [2.75, 3.05) is 38.1 Å². The number of anilines is 1. The standard InChI is InChI=1S/C24H29N5O3/c1-27-11-13-28(14-12-27)16-8-9-19-18(15-16)24(32)29-10-4-5-17(22(29)25-19)23(31)26-20-6-2-3-7-21(20)30/h4-5,8-10,15,20-21,30H,2-3,6-7,11-14H2,1H3,(H,26,31)/t20-,21+/m0/s1. The number of benzene rings is 1. The average molecular weight is 436 g/mol. The van der Waals surface area contributed by atoms with Gasteiger partial charge in [-0.15, -0.1) is 0 Å². The van der Waals surface area contributed by atoms with E-state index in [1.807, 2.05) is 18.2 Å². The van der Waals surface area contributed by atoms with E-state index in [-0.39, 0.29) is 17.5 Å². The van der Waals surface area contributed by atoms with Gasteiger partial charge in [0.15, 0.2) is 5.65 Å². The van der Waals surface area contributed by atoms with E-state index in [2.05, 4.69) is 27.1 Å². The summed E-state index contributed by atoms with van der Waals surface area (Å²) in [5.41, 5.74) is 2.08. The van der Waals surface area contributed by atoms with Gasteiger partial charge in [-0.2, -0.15) is 0 Å². The van der Waals surface area contributed by atoms with Crippen molar-refractivity contribution in [2.24, 2.45) is 0 Å². The zero-order valence-electron chi connectivity index (χ0n) is 18.3. The normalized spacial score (nSPS) is 22.4. The summed E-state index contributed by atoms with van der Waals surface area (Å²) in [6.07, 6.45) is 4.52. The molecule has 32 heavy (non-hydrogen) atoms. The number of pyridine rings is 1. The van der Waals surface area contributed by atoms with Crippen LogP contribution in [-0.4, -0.2) is 70.7 Å². The quantitative estimate of drug-likeness (QED) is 0.608. The van der Waals surface area contributed by atoms with Gasteiger partial charge < -0.3 is 20.2 Å². The van der Waals surface area contributed by atoms with E-state index < -0.39 is 6.10 Å². The number of hydrogen-bond donors (Lipinski definition) is 2. The summed E-state index contributed by atoms with van der Waals surface area (Å²) in [4.78, 5) is 35.6. The monoisotopic (exact) mass is 435 g/mol. The molecule has 1 aliphatic carbocycles. The van der Waals surface area contributed by atoms with Crippen LogP contribution < -0.4 is 15.8 Å². The van der Waals surface area contributed by atoms with Crippen LogP contribution in [0.5, 0.6) is 0 Å². The number of carbonyl (C=O) groups is 1. The maximum absolute atomic E-state index is 13.3. The molecule has 1 saturated heterocycles. The summed E-state index contributed by atoms with van der Waals surface area (Å²) < 4.78 is 1.45. The molecule has 1 aromatic carbocycles. The summed E-state index contributed by atoms with van der Waals surface area (Å²) in [6.45, 7) is 3.81. The Morgan fingerprint density at radius 2 is 1.91 bits per heavy atom. The van der Waals surface area contributed by atoms with E-state index >= 15 is 0 Å². The van der Waals surface area contributed by atoms with E-state index in [0.29, 0.717) is 28.5 Å². The first-order valence-corrected chi connectivity index (χ1v) is 11.4. The second kappa shape index (κ2) is 8.52. The number of aliphatic hydroxyl groups is 1. The van der Waals surface area contributed by atoms with Crippen molar-refractivity contribution >= 4 is 28.1 Å². The van der Waals surface area contributed by atoms with Crippen molar-refractivity contribution in [3.63, 3.8) is 0 Å². The molecule has 8 heteroatoms. The minimum absolute atomic E-state index is 0.187. The first-order chi connectivity index (χ1) is 15.5. The molecule has 0 radical (unpaired) electrons. The Bertz CT molecular complexity index is 1220.